The molecule has 0 aromatic heterocycles. The van der Waals surface area contributed by atoms with Gasteiger partial charge in [-0.15, -0.1) is 0 Å². The lowest BCUT2D eigenvalue weighted by Crippen LogP contribution is -2.39. The van der Waals surface area contributed by atoms with Gasteiger partial charge in [0.05, 0.1) is 6.42 Å². The molecule has 82 valence electrons. The third-order valence-electron chi connectivity index (χ3n) is 1.21. The summed E-state index contributed by atoms with van der Waals surface area (Å²) >= 11 is 4.37. The second-order valence-corrected chi connectivity index (χ2v) is 2.73. The average Bonchev–Trinajstić information content (AvgIpc) is 2.00. The fourth-order valence-corrected chi connectivity index (χ4v) is 0.711. The van der Waals surface area contributed by atoms with Crippen LogP contribution >= 0.6 is 12.2 Å². The Morgan fingerprint density at radius 2 is 2.14 bits per heavy atom. The maximum Gasteiger partial charge on any atom is 0.426 e. The van der Waals surface area contributed by atoms with Crippen molar-refractivity contribution in [2.24, 2.45) is 5.73 Å². The molecule has 0 saturated heterocycles. The Bertz CT molecular complexity index is 232. The van der Waals surface area contributed by atoms with Crippen molar-refractivity contribution >= 4 is 23.3 Å². The summed E-state index contributed by atoms with van der Waals surface area (Å²) in [6, 6.07) is 0. The van der Waals surface area contributed by atoms with Gasteiger partial charge in [0.15, 0.2) is 0 Å². The number of ether oxygens (including phenoxy) is 1. The number of halogens is 3. The van der Waals surface area contributed by atoms with Crippen molar-refractivity contribution in [3.05, 3.63) is 0 Å². The molecule has 0 heterocycles. The number of carbonyl (C=O) groups is 1. The molecule has 8 heteroatoms. The van der Waals surface area contributed by atoms with Gasteiger partial charge in [-0.2, -0.15) is 13.2 Å². The molecule has 4 nitrogen and oxygen atoms in total. The monoisotopic (exact) mass is 230 g/mol. The van der Waals surface area contributed by atoms with Crippen LogP contribution < -0.4 is 11.1 Å². The van der Waals surface area contributed by atoms with Gasteiger partial charge in [-0.05, 0) is 12.2 Å². The third kappa shape index (κ3) is 4.85. The first-order valence-corrected chi connectivity index (χ1v) is 3.91. The van der Waals surface area contributed by atoms with Gasteiger partial charge in [-0.1, -0.05) is 0 Å². The topological polar surface area (TPSA) is 64.3 Å². The zero-order valence-electron chi connectivity index (χ0n) is 7.22. The van der Waals surface area contributed by atoms with Crippen molar-refractivity contribution < 1.29 is 22.7 Å². The number of rotatable bonds is 3. The zero-order chi connectivity index (χ0) is 11.4. The minimum Gasteiger partial charge on any atom is -0.458 e. The Morgan fingerprint density at radius 3 is 2.43 bits per heavy atom. The Kier molecular flexibility index (Phi) is 4.61. The van der Waals surface area contributed by atoms with E-state index < -0.39 is 29.8 Å². The summed E-state index contributed by atoms with van der Waals surface area (Å²) in [6.45, 7) is 0. The number of carbonyl (C=O) groups excluding carboxylic acids is 1. The van der Waals surface area contributed by atoms with Crippen LogP contribution in [0.5, 0.6) is 0 Å². The molecule has 0 aliphatic carbocycles. The van der Waals surface area contributed by atoms with Crippen molar-refractivity contribution in [1.29, 1.82) is 0 Å². The van der Waals surface area contributed by atoms with Crippen LogP contribution in [0, 0.1) is 0 Å². The SMILES string of the molecule is CNC(=S)OC(CC(N)=O)C(F)(F)F. The smallest absolute Gasteiger partial charge is 0.426 e. The van der Waals surface area contributed by atoms with Gasteiger partial charge in [0.25, 0.3) is 5.17 Å². The molecule has 1 amide bonds. The molecule has 1 unspecified atom stereocenters. The van der Waals surface area contributed by atoms with Gasteiger partial charge in [0, 0.05) is 7.05 Å². The molecular weight excluding hydrogens is 221 g/mol. The third-order valence-corrected chi connectivity index (χ3v) is 1.51. The number of hydrogen-bond donors (Lipinski definition) is 2. The summed E-state index contributed by atoms with van der Waals surface area (Å²) in [4.78, 5) is 10.3. The number of hydrogen-bond acceptors (Lipinski definition) is 3. The van der Waals surface area contributed by atoms with E-state index in [9.17, 15) is 18.0 Å². The van der Waals surface area contributed by atoms with E-state index in [-0.39, 0.29) is 0 Å². The second kappa shape index (κ2) is 4.99. The maximum atomic E-state index is 12.2. The highest BCUT2D eigenvalue weighted by Crippen LogP contribution is 2.25. The average molecular weight is 230 g/mol. The molecule has 0 aliphatic heterocycles. The van der Waals surface area contributed by atoms with Crippen LogP contribution in [0.4, 0.5) is 13.2 Å². The van der Waals surface area contributed by atoms with Crippen LogP contribution in [0.1, 0.15) is 6.42 Å². The fourth-order valence-electron chi connectivity index (χ4n) is 0.595. The van der Waals surface area contributed by atoms with E-state index in [1.807, 2.05) is 0 Å². The lowest BCUT2D eigenvalue weighted by molar-refractivity contribution is -0.200. The van der Waals surface area contributed by atoms with E-state index in [0.29, 0.717) is 0 Å². The molecule has 0 aliphatic rings. The summed E-state index contributed by atoms with van der Waals surface area (Å²) in [6.07, 6.45) is -7.92. The summed E-state index contributed by atoms with van der Waals surface area (Å²) < 4.78 is 40.7. The van der Waals surface area contributed by atoms with Crippen LogP contribution in [-0.2, 0) is 9.53 Å². The van der Waals surface area contributed by atoms with Crippen LogP contribution in [-0.4, -0.2) is 30.4 Å². The van der Waals surface area contributed by atoms with Crippen LogP contribution in [0.15, 0.2) is 0 Å². The van der Waals surface area contributed by atoms with Gasteiger partial charge in [-0.25, -0.2) is 0 Å². The van der Waals surface area contributed by atoms with E-state index in [2.05, 4.69) is 28.0 Å². The Balaban J connectivity index is 4.41. The summed E-state index contributed by atoms with van der Waals surface area (Å²) in [7, 11) is 1.31. The Hall–Kier alpha value is -1.05. The zero-order valence-corrected chi connectivity index (χ0v) is 8.04. The lowest BCUT2D eigenvalue weighted by atomic mass is 10.2. The molecule has 1 atom stereocenters. The number of amides is 1. The predicted octanol–water partition coefficient (Wildman–Crippen LogP) is 0.314. The van der Waals surface area contributed by atoms with Gasteiger partial charge in [0.2, 0.25) is 12.0 Å². The van der Waals surface area contributed by atoms with E-state index in [1.165, 1.54) is 7.05 Å². The maximum absolute atomic E-state index is 12.2. The summed E-state index contributed by atoms with van der Waals surface area (Å²) in [5.41, 5.74) is 4.62. The largest absolute Gasteiger partial charge is 0.458 e. The van der Waals surface area contributed by atoms with E-state index >= 15 is 0 Å². The highest BCUT2D eigenvalue weighted by molar-refractivity contribution is 7.80. The number of thiocarbonyl (C=S) groups is 1. The van der Waals surface area contributed by atoms with Gasteiger partial charge < -0.3 is 15.8 Å². The molecular formula is C6H9F3N2O2S. The van der Waals surface area contributed by atoms with Crippen molar-refractivity contribution in [3.8, 4) is 0 Å². The predicted molar refractivity (Wildman–Crippen MR) is 46.4 cm³/mol. The normalized spacial score (nSPS) is 13.1. The number of alkyl halides is 3. The fraction of sp³-hybridized carbons (Fsp3) is 0.667. The Labute approximate surface area is 83.6 Å². The first kappa shape index (κ1) is 12.9. The molecule has 3 N–H and O–H groups in total. The molecule has 0 spiro atoms. The van der Waals surface area contributed by atoms with Crippen LogP contribution in [0.3, 0.4) is 0 Å². The minimum absolute atomic E-state index is 0.437. The number of primary amides is 1. The quantitative estimate of drug-likeness (QED) is 0.685. The highest BCUT2D eigenvalue weighted by atomic mass is 32.1. The minimum atomic E-state index is -4.67. The van der Waals surface area contributed by atoms with Crippen LogP contribution in [0.2, 0.25) is 0 Å². The molecule has 0 bridgehead atoms. The van der Waals surface area contributed by atoms with Gasteiger partial charge >= 0.3 is 6.18 Å². The molecule has 0 fully saturated rings. The highest BCUT2D eigenvalue weighted by Gasteiger charge is 2.43. The molecule has 0 aromatic carbocycles. The number of nitrogens with two attached hydrogens (primary N) is 1. The van der Waals surface area contributed by atoms with E-state index in [4.69, 9.17) is 0 Å². The Morgan fingerprint density at radius 1 is 1.64 bits per heavy atom. The lowest BCUT2D eigenvalue weighted by Gasteiger charge is -2.20. The van der Waals surface area contributed by atoms with Crippen molar-refractivity contribution in [1.82, 2.24) is 5.32 Å². The van der Waals surface area contributed by atoms with Crippen molar-refractivity contribution in [3.63, 3.8) is 0 Å². The molecule has 14 heavy (non-hydrogen) atoms. The molecule has 0 aromatic rings. The summed E-state index contributed by atoms with van der Waals surface area (Å²) in [5.74, 6) is -1.11. The van der Waals surface area contributed by atoms with E-state index in [0.717, 1.165) is 0 Å². The first-order chi connectivity index (χ1) is 6.27. The van der Waals surface area contributed by atoms with Crippen molar-refractivity contribution in [2.45, 2.75) is 18.7 Å². The standard InChI is InChI=1S/C6H9F3N2O2S/c1-11-5(14)13-3(2-4(10)12)6(7,8)9/h3H,2H2,1H3,(H2,10,12)(H,11,14). The summed E-state index contributed by atoms with van der Waals surface area (Å²) in [5, 5.41) is 1.76. The molecule has 0 rings (SSSR count). The van der Waals surface area contributed by atoms with Gasteiger partial charge in [0.1, 0.15) is 0 Å². The van der Waals surface area contributed by atoms with E-state index in [1.54, 1.807) is 0 Å². The first-order valence-electron chi connectivity index (χ1n) is 3.50. The van der Waals surface area contributed by atoms with Crippen molar-refractivity contribution in [2.75, 3.05) is 7.05 Å². The number of nitrogens with one attached hydrogen (secondary N) is 1. The van der Waals surface area contributed by atoms with Crippen LogP contribution in [0.25, 0.3) is 0 Å². The second-order valence-electron chi connectivity index (χ2n) is 2.36. The van der Waals surface area contributed by atoms with Gasteiger partial charge in [-0.3, -0.25) is 4.79 Å². The molecule has 0 radical (unpaired) electrons. The molecule has 0 saturated carbocycles.